The Kier molecular flexibility index (Phi) is 4.61. The van der Waals surface area contributed by atoms with E-state index in [0.29, 0.717) is 24.5 Å². The fourth-order valence-electron chi connectivity index (χ4n) is 4.27. The summed E-state index contributed by atoms with van der Waals surface area (Å²) >= 11 is 0. The maximum Gasteiger partial charge on any atom is 0.316 e. The van der Waals surface area contributed by atoms with Gasteiger partial charge >= 0.3 is 6.01 Å². The molecule has 1 aliphatic rings. The molecule has 0 aliphatic heterocycles. The summed E-state index contributed by atoms with van der Waals surface area (Å²) < 4.78 is 21.5. The third-order valence-electron chi connectivity index (χ3n) is 5.78. The second-order valence-electron chi connectivity index (χ2n) is 7.49. The number of methoxy groups -OCH3 is 1. The molecular weight excluding hydrogens is 383 g/mol. The van der Waals surface area contributed by atoms with Crippen LogP contribution in [0, 0.1) is 12.7 Å². The zero-order valence-electron chi connectivity index (χ0n) is 16.9. The van der Waals surface area contributed by atoms with Crippen LogP contribution in [0.15, 0.2) is 30.9 Å². The van der Waals surface area contributed by atoms with Crippen LogP contribution < -0.4 is 4.74 Å². The fraction of sp³-hybridized carbons (Fsp3) is 0.318. The Labute approximate surface area is 173 Å². The zero-order valence-corrected chi connectivity index (χ0v) is 16.9. The van der Waals surface area contributed by atoms with Crippen LogP contribution in [-0.4, -0.2) is 36.7 Å². The lowest BCUT2D eigenvalue weighted by Crippen LogP contribution is -2.07. The first-order valence-electron chi connectivity index (χ1n) is 10.0. The first-order valence-corrected chi connectivity index (χ1v) is 10.0. The molecule has 0 atom stereocenters. The van der Waals surface area contributed by atoms with Gasteiger partial charge in [-0.05, 0) is 55.4 Å². The zero-order chi connectivity index (χ0) is 20.7. The summed E-state index contributed by atoms with van der Waals surface area (Å²) in [6.07, 6.45) is 9.39. The van der Waals surface area contributed by atoms with Crippen molar-refractivity contribution in [3.05, 3.63) is 64.9 Å². The molecule has 0 saturated carbocycles. The van der Waals surface area contributed by atoms with Crippen LogP contribution in [0.1, 0.15) is 34.6 Å². The molecule has 30 heavy (non-hydrogen) atoms. The van der Waals surface area contributed by atoms with Crippen LogP contribution in [-0.2, 0) is 25.7 Å². The van der Waals surface area contributed by atoms with Gasteiger partial charge in [0, 0.05) is 29.9 Å². The predicted molar refractivity (Wildman–Crippen MR) is 109 cm³/mol. The number of fused-ring (bicyclic) bond motifs is 2. The summed E-state index contributed by atoms with van der Waals surface area (Å²) in [5, 5.41) is 8.36. The molecule has 4 aromatic rings. The van der Waals surface area contributed by atoms with E-state index in [0.717, 1.165) is 47.5 Å². The van der Waals surface area contributed by atoms with E-state index in [9.17, 15) is 4.39 Å². The van der Waals surface area contributed by atoms with Crippen molar-refractivity contribution in [2.24, 2.45) is 0 Å². The van der Waals surface area contributed by atoms with Crippen molar-refractivity contribution >= 4 is 5.65 Å². The smallest absolute Gasteiger partial charge is 0.316 e. The van der Waals surface area contributed by atoms with Gasteiger partial charge in [-0.3, -0.25) is 4.40 Å². The number of aryl methyl sites for hydroxylation is 3. The van der Waals surface area contributed by atoms with E-state index in [4.69, 9.17) is 4.74 Å². The Morgan fingerprint density at radius 1 is 1.10 bits per heavy atom. The molecule has 0 spiro atoms. The van der Waals surface area contributed by atoms with Gasteiger partial charge in [-0.15, -0.1) is 10.2 Å². The van der Waals surface area contributed by atoms with Crippen molar-refractivity contribution in [1.29, 1.82) is 0 Å². The molecule has 152 valence electrons. The van der Waals surface area contributed by atoms with Gasteiger partial charge in [-0.2, -0.15) is 4.98 Å². The molecule has 1 aliphatic carbocycles. The monoisotopic (exact) mass is 404 g/mol. The van der Waals surface area contributed by atoms with Gasteiger partial charge in [-0.1, -0.05) is 6.07 Å². The highest BCUT2D eigenvalue weighted by molar-refractivity contribution is 5.77. The number of hydrogen-bond acceptors (Lipinski definition) is 6. The molecule has 8 heteroatoms. The van der Waals surface area contributed by atoms with Crippen LogP contribution in [0.25, 0.3) is 16.8 Å². The maximum absolute atomic E-state index is 14.5. The molecule has 0 radical (unpaired) electrons. The summed E-state index contributed by atoms with van der Waals surface area (Å²) in [5.74, 6) is 0.666. The lowest BCUT2D eigenvalue weighted by molar-refractivity contribution is 0.379. The summed E-state index contributed by atoms with van der Waals surface area (Å²) in [5.41, 5.74) is 6.33. The lowest BCUT2D eigenvalue weighted by atomic mass is 9.98. The molecule has 5 rings (SSSR count). The minimum absolute atomic E-state index is 0.127. The van der Waals surface area contributed by atoms with Gasteiger partial charge < -0.3 is 4.74 Å². The summed E-state index contributed by atoms with van der Waals surface area (Å²) in [7, 11) is 1.53. The second-order valence-corrected chi connectivity index (χ2v) is 7.49. The molecule has 0 fully saturated rings. The maximum atomic E-state index is 14.5. The molecule has 3 aromatic heterocycles. The molecule has 0 unspecified atom stereocenters. The van der Waals surface area contributed by atoms with Crippen molar-refractivity contribution in [2.75, 3.05) is 7.11 Å². The van der Waals surface area contributed by atoms with Crippen LogP contribution in [0.2, 0.25) is 0 Å². The Morgan fingerprint density at radius 2 is 1.97 bits per heavy atom. The van der Waals surface area contributed by atoms with Crippen molar-refractivity contribution in [2.45, 2.75) is 39.0 Å². The number of nitrogens with zero attached hydrogens (tertiary/aromatic N) is 6. The molecule has 0 bridgehead atoms. The SMILES string of the molecule is COc1ncc(-c2cnc(CCc3c(F)ccc4c3CCC4)n3cnnc23)c(C)n1. The van der Waals surface area contributed by atoms with E-state index in [-0.39, 0.29) is 5.82 Å². The molecular formula is C22H21FN6O. The number of hydrogen-bond donors (Lipinski definition) is 0. The average molecular weight is 404 g/mol. The van der Waals surface area contributed by atoms with Gasteiger partial charge in [0.05, 0.1) is 12.8 Å². The minimum Gasteiger partial charge on any atom is -0.467 e. The van der Waals surface area contributed by atoms with Gasteiger partial charge in [0.15, 0.2) is 5.65 Å². The third kappa shape index (κ3) is 3.08. The highest BCUT2D eigenvalue weighted by atomic mass is 19.1. The number of halogens is 1. The van der Waals surface area contributed by atoms with E-state index < -0.39 is 0 Å². The highest BCUT2D eigenvalue weighted by Gasteiger charge is 2.19. The summed E-state index contributed by atoms with van der Waals surface area (Å²) in [4.78, 5) is 13.2. The standard InChI is InChI=1S/C22H21FN6O/c1-13-17(10-25-22(27-13)30-2)18-11-24-20(29-12-26-28-21(18)29)9-7-16-15-5-3-4-14(15)6-8-19(16)23/h6,8,10-12H,3-5,7,9H2,1-2H3. The Balaban J connectivity index is 1.49. The molecule has 0 saturated heterocycles. The van der Waals surface area contributed by atoms with Crippen molar-refractivity contribution in [3.63, 3.8) is 0 Å². The topological polar surface area (TPSA) is 78.1 Å². The van der Waals surface area contributed by atoms with Crippen LogP contribution >= 0.6 is 0 Å². The van der Waals surface area contributed by atoms with E-state index >= 15 is 0 Å². The van der Waals surface area contributed by atoms with Crippen LogP contribution in [0.3, 0.4) is 0 Å². The molecule has 3 heterocycles. The number of benzene rings is 1. The van der Waals surface area contributed by atoms with Gasteiger partial charge in [0.25, 0.3) is 0 Å². The van der Waals surface area contributed by atoms with Gasteiger partial charge in [0.1, 0.15) is 18.0 Å². The quantitative estimate of drug-likeness (QED) is 0.508. The number of ether oxygens (including phenoxy) is 1. The molecule has 1 aromatic carbocycles. The van der Waals surface area contributed by atoms with Crippen LogP contribution in [0.5, 0.6) is 6.01 Å². The lowest BCUT2D eigenvalue weighted by Gasteiger charge is -2.12. The van der Waals surface area contributed by atoms with Crippen molar-refractivity contribution in [1.82, 2.24) is 29.5 Å². The third-order valence-corrected chi connectivity index (χ3v) is 5.78. The first kappa shape index (κ1) is 18.6. The highest BCUT2D eigenvalue weighted by Crippen LogP contribution is 2.29. The number of aromatic nitrogens is 6. The van der Waals surface area contributed by atoms with E-state index in [1.165, 1.54) is 18.2 Å². The summed E-state index contributed by atoms with van der Waals surface area (Å²) in [6.45, 7) is 1.89. The van der Waals surface area contributed by atoms with Crippen molar-refractivity contribution < 1.29 is 9.13 Å². The largest absolute Gasteiger partial charge is 0.467 e. The molecule has 0 N–H and O–H groups in total. The Bertz CT molecular complexity index is 1250. The molecule has 0 amide bonds. The van der Waals surface area contributed by atoms with E-state index in [1.807, 2.05) is 17.4 Å². The normalized spacial score (nSPS) is 13.0. The fourth-order valence-corrected chi connectivity index (χ4v) is 4.27. The summed E-state index contributed by atoms with van der Waals surface area (Å²) in [6, 6.07) is 3.83. The predicted octanol–water partition coefficient (Wildman–Crippen LogP) is 3.31. The minimum atomic E-state index is -0.127. The van der Waals surface area contributed by atoms with Crippen molar-refractivity contribution in [3.8, 4) is 17.1 Å². The van der Waals surface area contributed by atoms with Gasteiger partial charge in [-0.25, -0.2) is 14.4 Å². The Hall–Kier alpha value is -3.42. The van der Waals surface area contributed by atoms with Crippen LogP contribution in [0.4, 0.5) is 4.39 Å². The van der Waals surface area contributed by atoms with E-state index in [1.54, 1.807) is 24.8 Å². The average Bonchev–Trinajstić information content (AvgIpc) is 3.43. The van der Waals surface area contributed by atoms with E-state index in [2.05, 4.69) is 25.1 Å². The first-order chi connectivity index (χ1) is 14.7. The Morgan fingerprint density at radius 3 is 2.80 bits per heavy atom. The molecule has 7 nitrogen and oxygen atoms in total. The second kappa shape index (κ2) is 7.44. The van der Waals surface area contributed by atoms with Gasteiger partial charge in [0.2, 0.25) is 0 Å². The number of rotatable bonds is 5.